The molecule has 4 nitrogen and oxygen atoms in total. The van der Waals surface area contributed by atoms with Crippen molar-refractivity contribution in [1.82, 2.24) is 4.90 Å². The second kappa shape index (κ2) is 7.55. The van der Waals surface area contributed by atoms with E-state index in [9.17, 15) is 4.79 Å². The summed E-state index contributed by atoms with van der Waals surface area (Å²) in [5, 5.41) is 8.97. The molecule has 0 amide bonds. The second-order valence-corrected chi connectivity index (χ2v) is 4.65. The molecule has 4 heteroatoms. The lowest BCUT2D eigenvalue weighted by Crippen LogP contribution is -2.32. The summed E-state index contributed by atoms with van der Waals surface area (Å²) in [6.45, 7) is 2.39. The number of hydrogen-bond donors (Lipinski definition) is 0. The average molecular weight is 260 g/mol. The molecule has 102 valence electrons. The van der Waals surface area contributed by atoms with E-state index >= 15 is 0 Å². The Morgan fingerprint density at radius 1 is 1.42 bits per heavy atom. The maximum atomic E-state index is 11.5. The van der Waals surface area contributed by atoms with Crippen molar-refractivity contribution in [2.75, 3.05) is 20.7 Å². The number of methoxy groups -OCH3 is 1. The van der Waals surface area contributed by atoms with Gasteiger partial charge in [-0.3, -0.25) is 9.69 Å². The van der Waals surface area contributed by atoms with Crippen molar-refractivity contribution >= 4 is 5.97 Å². The van der Waals surface area contributed by atoms with E-state index in [1.54, 1.807) is 0 Å². The summed E-state index contributed by atoms with van der Waals surface area (Å²) in [4.78, 5) is 13.5. The molecule has 2 atom stereocenters. The Morgan fingerprint density at radius 3 is 2.58 bits per heavy atom. The first-order valence-corrected chi connectivity index (χ1v) is 6.30. The minimum absolute atomic E-state index is 0.00157. The number of rotatable bonds is 6. The SMILES string of the molecule is COC(=O)C(C)CN(C)C(CC#N)c1ccccc1. The zero-order valence-corrected chi connectivity index (χ0v) is 11.7. The van der Waals surface area contributed by atoms with Gasteiger partial charge in [0.05, 0.1) is 25.5 Å². The van der Waals surface area contributed by atoms with Crippen LogP contribution in [0, 0.1) is 17.2 Å². The van der Waals surface area contributed by atoms with Crippen LogP contribution in [0.25, 0.3) is 0 Å². The summed E-state index contributed by atoms with van der Waals surface area (Å²) in [6, 6.07) is 12.1. The molecular formula is C15H20N2O2. The molecule has 0 aromatic heterocycles. The van der Waals surface area contributed by atoms with Gasteiger partial charge in [0.2, 0.25) is 0 Å². The number of esters is 1. The van der Waals surface area contributed by atoms with Gasteiger partial charge in [-0.05, 0) is 12.6 Å². The van der Waals surface area contributed by atoms with E-state index in [2.05, 4.69) is 6.07 Å². The highest BCUT2D eigenvalue weighted by molar-refractivity contribution is 5.72. The maximum absolute atomic E-state index is 11.5. The number of benzene rings is 1. The van der Waals surface area contributed by atoms with Crippen molar-refractivity contribution in [1.29, 1.82) is 5.26 Å². The predicted molar refractivity (Wildman–Crippen MR) is 73.2 cm³/mol. The molecular weight excluding hydrogens is 240 g/mol. The van der Waals surface area contributed by atoms with Gasteiger partial charge >= 0.3 is 5.97 Å². The molecule has 0 spiro atoms. The normalized spacial score (nSPS) is 13.6. The van der Waals surface area contributed by atoms with Crippen LogP contribution in [0.4, 0.5) is 0 Å². The molecule has 1 rings (SSSR count). The third kappa shape index (κ3) is 4.38. The molecule has 0 radical (unpaired) electrons. The van der Waals surface area contributed by atoms with Crippen molar-refractivity contribution in [3.8, 4) is 6.07 Å². The second-order valence-electron chi connectivity index (χ2n) is 4.65. The van der Waals surface area contributed by atoms with Crippen LogP contribution in [0.3, 0.4) is 0 Å². The van der Waals surface area contributed by atoms with Gasteiger partial charge in [0.25, 0.3) is 0 Å². The molecule has 1 aromatic carbocycles. The number of carbonyl (C=O) groups is 1. The summed E-state index contributed by atoms with van der Waals surface area (Å²) >= 11 is 0. The van der Waals surface area contributed by atoms with Gasteiger partial charge < -0.3 is 4.74 Å². The van der Waals surface area contributed by atoms with Crippen LogP contribution >= 0.6 is 0 Å². The number of nitrogens with zero attached hydrogens (tertiary/aromatic N) is 2. The van der Waals surface area contributed by atoms with E-state index in [-0.39, 0.29) is 17.9 Å². The summed E-state index contributed by atoms with van der Waals surface area (Å²) < 4.78 is 4.73. The Balaban J connectivity index is 2.77. The summed E-state index contributed by atoms with van der Waals surface area (Å²) in [5.41, 5.74) is 1.09. The van der Waals surface area contributed by atoms with E-state index in [1.165, 1.54) is 7.11 Å². The van der Waals surface area contributed by atoms with Gasteiger partial charge in [0.1, 0.15) is 0 Å². The van der Waals surface area contributed by atoms with Gasteiger partial charge in [-0.15, -0.1) is 0 Å². The largest absolute Gasteiger partial charge is 0.469 e. The van der Waals surface area contributed by atoms with Crippen molar-refractivity contribution in [2.45, 2.75) is 19.4 Å². The number of nitriles is 1. The van der Waals surface area contributed by atoms with Crippen LogP contribution in [0.5, 0.6) is 0 Å². The van der Waals surface area contributed by atoms with Crippen LogP contribution in [-0.4, -0.2) is 31.6 Å². The third-order valence-electron chi connectivity index (χ3n) is 3.17. The Bertz CT molecular complexity index is 439. The molecule has 0 aliphatic heterocycles. The molecule has 0 heterocycles. The molecule has 1 aromatic rings. The van der Waals surface area contributed by atoms with E-state index in [1.807, 2.05) is 49.2 Å². The number of hydrogen-bond acceptors (Lipinski definition) is 4. The number of carbonyl (C=O) groups excluding carboxylic acids is 1. The highest BCUT2D eigenvalue weighted by Gasteiger charge is 2.22. The maximum Gasteiger partial charge on any atom is 0.309 e. The topological polar surface area (TPSA) is 53.3 Å². The molecule has 0 bridgehead atoms. The molecule has 0 saturated carbocycles. The summed E-state index contributed by atoms with van der Waals surface area (Å²) in [5.74, 6) is -0.435. The van der Waals surface area contributed by atoms with Crippen LogP contribution in [0.1, 0.15) is 24.9 Å². The Kier molecular flexibility index (Phi) is 6.04. The van der Waals surface area contributed by atoms with E-state index in [0.29, 0.717) is 13.0 Å². The predicted octanol–water partition coefficient (Wildman–Crippen LogP) is 2.38. The van der Waals surface area contributed by atoms with E-state index in [4.69, 9.17) is 10.00 Å². The van der Waals surface area contributed by atoms with Gasteiger partial charge in [0.15, 0.2) is 0 Å². The highest BCUT2D eigenvalue weighted by atomic mass is 16.5. The molecule has 0 aliphatic carbocycles. The molecule has 0 saturated heterocycles. The first-order chi connectivity index (χ1) is 9.10. The van der Waals surface area contributed by atoms with Crippen LogP contribution in [0.2, 0.25) is 0 Å². The van der Waals surface area contributed by atoms with Crippen molar-refractivity contribution < 1.29 is 9.53 Å². The van der Waals surface area contributed by atoms with E-state index in [0.717, 1.165) is 5.56 Å². The van der Waals surface area contributed by atoms with Crippen molar-refractivity contribution in [3.63, 3.8) is 0 Å². The minimum Gasteiger partial charge on any atom is -0.469 e. The fourth-order valence-corrected chi connectivity index (χ4v) is 2.12. The fraction of sp³-hybridized carbons (Fsp3) is 0.467. The molecule has 0 N–H and O–H groups in total. The van der Waals surface area contributed by atoms with E-state index < -0.39 is 0 Å². The van der Waals surface area contributed by atoms with Gasteiger partial charge in [-0.1, -0.05) is 37.3 Å². The molecule has 0 aliphatic rings. The zero-order valence-electron chi connectivity index (χ0n) is 11.7. The number of ether oxygens (including phenoxy) is 1. The Morgan fingerprint density at radius 2 is 2.05 bits per heavy atom. The minimum atomic E-state index is -0.226. The zero-order chi connectivity index (χ0) is 14.3. The van der Waals surface area contributed by atoms with Crippen LogP contribution in [0.15, 0.2) is 30.3 Å². The van der Waals surface area contributed by atoms with Crippen molar-refractivity contribution in [2.24, 2.45) is 5.92 Å². The van der Waals surface area contributed by atoms with Gasteiger partial charge in [-0.25, -0.2) is 0 Å². The van der Waals surface area contributed by atoms with Crippen molar-refractivity contribution in [3.05, 3.63) is 35.9 Å². The molecule has 19 heavy (non-hydrogen) atoms. The van der Waals surface area contributed by atoms with Gasteiger partial charge in [0, 0.05) is 12.6 Å². The molecule has 2 unspecified atom stereocenters. The highest BCUT2D eigenvalue weighted by Crippen LogP contribution is 2.23. The monoisotopic (exact) mass is 260 g/mol. The lowest BCUT2D eigenvalue weighted by atomic mass is 10.0. The third-order valence-corrected chi connectivity index (χ3v) is 3.17. The van der Waals surface area contributed by atoms with Crippen LogP contribution in [-0.2, 0) is 9.53 Å². The standard InChI is InChI=1S/C15H20N2O2/c1-12(15(18)19-3)11-17(2)14(9-10-16)13-7-5-4-6-8-13/h4-8,12,14H,9,11H2,1-3H3. The smallest absolute Gasteiger partial charge is 0.309 e. The Labute approximate surface area is 114 Å². The Hall–Kier alpha value is -1.86. The molecule has 0 fully saturated rings. The first kappa shape index (κ1) is 15.2. The fourth-order valence-electron chi connectivity index (χ4n) is 2.12. The van der Waals surface area contributed by atoms with Crippen LogP contribution < -0.4 is 0 Å². The van der Waals surface area contributed by atoms with Gasteiger partial charge in [-0.2, -0.15) is 5.26 Å². The summed E-state index contributed by atoms with van der Waals surface area (Å²) in [6.07, 6.45) is 0.397. The lowest BCUT2D eigenvalue weighted by Gasteiger charge is -2.28. The quantitative estimate of drug-likeness (QED) is 0.737. The first-order valence-electron chi connectivity index (χ1n) is 6.30. The summed E-state index contributed by atoms with van der Waals surface area (Å²) in [7, 11) is 3.32. The lowest BCUT2D eigenvalue weighted by molar-refractivity contribution is -0.145. The average Bonchev–Trinajstić information content (AvgIpc) is 2.44.